The molecule has 0 radical (unpaired) electrons. The summed E-state index contributed by atoms with van der Waals surface area (Å²) in [6.45, 7) is 4.08. The molecule has 3 rings (SSSR count). The lowest BCUT2D eigenvalue weighted by atomic mass is 9.93. The van der Waals surface area contributed by atoms with E-state index in [1.165, 1.54) is 12.1 Å². The first kappa shape index (κ1) is 13.6. The molecule has 0 saturated carbocycles. The number of ketones is 1. The molecular weight excluding hydrogens is 267 g/mol. The smallest absolute Gasteiger partial charge is 0.196 e. The van der Waals surface area contributed by atoms with Crippen LogP contribution in [0.25, 0.3) is 6.08 Å². The third-order valence-electron chi connectivity index (χ3n) is 3.66. The summed E-state index contributed by atoms with van der Waals surface area (Å²) < 4.78 is 18.7. The van der Waals surface area contributed by atoms with Gasteiger partial charge >= 0.3 is 0 Å². The molecule has 2 nitrogen and oxygen atoms in total. The molecule has 0 unspecified atom stereocenters. The lowest BCUT2D eigenvalue weighted by Crippen LogP contribution is -2.21. The van der Waals surface area contributed by atoms with E-state index in [2.05, 4.69) is 0 Å². The van der Waals surface area contributed by atoms with E-state index in [0.717, 1.165) is 16.7 Å². The van der Waals surface area contributed by atoms with Gasteiger partial charge < -0.3 is 4.74 Å². The van der Waals surface area contributed by atoms with E-state index in [1.807, 2.05) is 26.0 Å². The predicted octanol–water partition coefficient (Wildman–Crippen LogP) is 4.10. The van der Waals surface area contributed by atoms with Crippen molar-refractivity contribution in [1.82, 2.24) is 0 Å². The topological polar surface area (TPSA) is 26.3 Å². The fourth-order valence-electron chi connectivity index (χ4n) is 2.50. The van der Waals surface area contributed by atoms with Gasteiger partial charge in [0.05, 0.1) is 5.56 Å². The first-order chi connectivity index (χ1) is 10.1. The van der Waals surface area contributed by atoms with Crippen molar-refractivity contribution in [2.24, 2.45) is 0 Å². The standard InChI is InChI=1S/C18H15FO2/c1-11-3-4-12(2)18-16(11)17(20)14(10-21-18)9-13-5-7-15(19)8-6-13/h3-9H,10H2,1-2H3/b14-9+. The number of halogens is 1. The van der Waals surface area contributed by atoms with Crippen LogP contribution in [0.5, 0.6) is 5.75 Å². The third-order valence-corrected chi connectivity index (χ3v) is 3.66. The Balaban J connectivity index is 2.03. The molecule has 0 fully saturated rings. The zero-order chi connectivity index (χ0) is 15.0. The van der Waals surface area contributed by atoms with Gasteiger partial charge in [-0.2, -0.15) is 0 Å². The Bertz CT molecular complexity index is 743. The number of carbonyl (C=O) groups excluding carboxylic acids is 1. The molecule has 21 heavy (non-hydrogen) atoms. The number of fused-ring (bicyclic) bond motifs is 1. The molecule has 0 amide bonds. The monoisotopic (exact) mass is 282 g/mol. The third kappa shape index (κ3) is 2.47. The molecule has 0 atom stereocenters. The summed E-state index contributed by atoms with van der Waals surface area (Å²) in [6.07, 6.45) is 1.76. The average molecular weight is 282 g/mol. The van der Waals surface area contributed by atoms with Crippen molar-refractivity contribution in [2.75, 3.05) is 6.61 Å². The van der Waals surface area contributed by atoms with Crippen LogP contribution in [-0.4, -0.2) is 12.4 Å². The van der Waals surface area contributed by atoms with Crippen LogP contribution in [0.1, 0.15) is 27.0 Å². The Morgan fingerprint density at radius 3 is 2.43 bits per heavy atom. The zero-order valence-electron chi connectivity index (χ0n) is 11.9. The Kier molecular flexibility index (Phi) is 3.34. The van der Waals surface area contributed by atoms with Crippen molar-refractivity contribution in [3.05, 3.63) is 70.0 Å². The van der Waals surface area contributed by atoms with Crippen LogP contribution in [0, 0.1) is 19.7 Å². The number of benzene rings is 2. The number of aryl methyl sites for hydroxylation is 2. The summed E-state index contributed by atoms with van der Waals surface area (Å²) in [5.74, 6) is 0.373. The minimum Gasteiger partial charge on any atom is -0.488 e. The van der Waals surface area contributed by atoms with Crippen molar-refractivity contribution in [3.8, 4) is 5.75 Å². The lowest BCUT2D eigenvalue weighted by Gasteiger charge is -2.22. The Hall–Kier alpha value is -2.42. The molecule has 1 heterocycles. The van der Waals surface area contributed by atoms with E-state index in [1.54, 1.807) is 18.2 Å². The zero-order valence-corrected chi connectivity index (χ0v) is 11.9. The van der Waals surface area contributed by atoms with Gasteiger partial charge in [-0.25, -0.2) is 4.39 Å². The maximum absolute atomic E-state index is 12.9. The highest BCUT2D eigenvalue weighted by atomic mass is 19.1. The average Bonchev–Trinajstić information content (AvgIpc) is 2.47. The van der Waals surface area contributed by atoms with Crippen LogP contribution in [0.15, 0.2) is 42.0 Å². The van der Waals surface area contributed by atoms with E-state index >= 15 is 0 Å². The number of Topliss-reactive ketones (excluding diaryl/α,β-unsaturated/α-hetero) is 1. The second-order valence-corrected chi connectivity index (χ2v) is 5.24. The highest BCUT2D eigenvalue weighted by molar-refractivity contribution is 6.15. The van der Waals surface area contributed by atoms with Crippen LogP contribution in [0.4, 0.5) is 4.39 Å². The molecular formula is C18H15FO2. The van der Waals surface area contributed by atoms with Gasteiger partial charge in [-0.05, 0) is 48.7 Å². The number of rotatable bonds is 1. The first-order valence-electron chi connectivity index (χ1n) is 6.80. The largest absolute Gasteiger partial charge is 0.488 e. The second kappa shape index (κ2) is 5.17. The fourth-order valence-corrected chi connectivity index (χ4v) is 2.50. The second-order valence-electron chi connectivity index (χ2n) is 5.24. The van der Waals surface area contributed by atoms with Gasteiger partial charge in [0.2, 0.25) is 0 Å². The maximum Gasteiger partial charge on any atom is 0.196 e. The Labute approximate surface area is 122 Å². The van der Waals surface area contributed by atoms with Crippen LogP contribution in [0.2, 0.25) is 0 Å². The van der Waals surface area contributed by atoms with Gasteiger partial charge in [0, 0.05) is 5.57 Å². The molecule has 0 N–H and O–H groups in total. The van der Waals surface area contributed by atoms with E-state index < -0.39 is 0 Å². The lowest BCUT2D eigenvalue weighted by molar-refractivity contribution is 0.0999. The fraction of sp³-hybridized carbons (Fsp3) is 0.167. The van der Waals surface area contributed by atoms with Crippen molar-refractivity contribution in [3.63, 3.8) is 0 Å². The van der Waals surface area contributed by atoms with Crippen LogP contribution >= 0.6 is 0 Å². The van der Waals surface area contributed by atoms with Crippen molar-refractivity contribution < 1.29 is 13.9 Å². The summed E-state index contributed by atoms with van der Waals surface area (Å²) in [7, 11) is 0. The summed E-state index contributed by atoms with van der Waals surface area (Å²) in [4.78, 5) is 12.6. The van der Waals surface area contributed by atoms with Crippen LogP contribution in [0.3, 0.4) is 0 Å². The molecule has 1 aliphatic rings. The SMILES string of the molecule is Cc1ccc(C)c2c1OC/C(=C\c1ccc(F)cc1)C2=O. The van der Waals surface area contributed by atoms with E-state index in [4.69, 9.17) is 4.74 Å². The normalized spacial score (nSPS) is 15.8. The van der Waals surface area contributed by atoms with Gasteiger partial charge in [-0.1, -0.05) is 24.3 Å². The maximum atomic E-state index is 12.9. The molecule has 1 aliphatic heterocycles. The molecule has 2 aromatic rings. The van der Waals surface area contributed by atoms with Gasteiger partial charge in [-0.3, -0.25) is 4.79 Å². The van der Waals surface area contributed by atoms with Gasteiger partial charge in [0.1, 0.15) is 18.2 Å². The molecule has 0 saturated heterocycles. The summed E-state index contributed by atoms with van der Waals surface area (Å²) in [5, 5.41) is 0. The molecule has 0 aromatic heterocycles. The van der Waals surface area contributed by atoms with Gasteiger partial charge in [0.15, 0.2) is 5.78 Å². The first-order valence-corrected chi connectivity index (χ1v) is 6.80. The summed E-state index contributed by atoms with van der Waals surface area (Å²) in [6, 6.07) is 9.93. The summed E-state index contributed by atoms with van der Waals surface area (Å²) >= 11 is 0. The number of carbonyl (C=O) groups is 1. The molecule has 0 bridgehead atoms. The molecule has 0 spiro atoms. The quantitative estimate of drug-likeness (QED) is 0.736. The molecule has 3 heteroatoms. The minimum atomic E-state index is -0.291. The number of hydrogen-bond donors (Lipinski definition) is 0. The van der Waals surface area contributed by atoms with Gasteiger partial charge in [-0.15, -0.1) is 0 Å². The minimum absolute atomic E-state index is 0.0122. The van der Waals surface area contributed by atoms with E-state index in [0.29, 0.717) is 16.9 Å². The van der Waals surface area contributed by atoms with Crippen molar-refractivity contribution in [2.45, 2.75) is 13.8 Å². The number of hydrogen-bond acceptors (Lipinski definition) is 2. The van der Waals surface area contributed by atoms with Crippen molar-refractivity contribution in [1.29, 1.82) is 0 Å². The highest BCUT2D eigenvalue weighted by Gasteiger charge is 2.26. The van der Waals surface area contributed by atoms with Gasteiger partial charge in [0.25, 0.3) is 0 Å². The van der Waals surface area contributed by atoms with Crippen LogP contribution < -0.4 is 4.74 Å². The Morgan fingerprint density at radius 2 is 1.71 bits per heavy atom. The van der Waals surface area contributed by atoms with Crippen molar-refractivity contribution >= 4 is 11.9 Å². The van der Waals surface area contributed by atoms with E-state index in [-0.39, 0.29) is 18.2 Å². The molecule has 0 aliphatic carbocycles. The summed E-state index contributed by atoms with van der Waals surface area (Å²) in [5.41, 5.74) is 3.88. The number of ether oxygens (including phenoxy) is 1. The Morgan fingerprint density at radius 1 is 1.05 bits per heavy atom. The molecule has 2 aromatic carbocycles. The highest BCUT2D eigenvalue weighted by Crippen LogP contribution is 2.33. The predicted molar refractivity (Wildman–Crippen MR) is 80.1 cm³/mol. The van der Waals surface area contributed by atoms with E-state index in [9.17, 15) is 9.18 Å². The van der Waals surface area contributed by atoms with Crippen LogP contribution in [-0.2, 0) is 0 Å². The molecule has 106 valence electrons.